The lowest BCUT2D eigenvalue weighted by Gasteiger charge is -2.10. The molecule has 0 aromatic heterocycles. The fourth-order valence-electron chi connectivity index (χ4n) is 2.42. The molecule has 0 atom stereocenters. The van der Waals surface area contributed by atoms with Crippen molar-refractivity contribution < 1.29 is 18.1 Å². The Morgan fingerprint density at radius 3 is 2.00 bits per heavy atom. The summed E-state index contributed by atoms with van der Waals surface area (Å²) < 4.78 is 27.6. The van der Waals surface area contributed by atoms with Crippen LogP contribution in [0.2, 0.25) is 0 Å². The third-order valence-electron chi connectivity index (χ3n) is 3.73. The molecule has 0 aliphatic rings. The number of nitro benzene ring substituents is 1. The SMILES string of the molecule is O=C(Nc1ccccc1)c1cc([N+](=O)[O-])cc(S(=O)(=O)Nc2ccccc2)c1. The van der Waals surface area contributed by atoms with Crippen LogP contribution in [0, 0.1) is 10.1 Å². The number of hydrogen-bond donors (Lipinski definition) is 2. The Labute approximate surface area is 161 Å². The van der Waals surface area contributed by atoms with Crippen LogP contribution in [0.1, 0.15) is 10.4 Å². The van der Waals surface area contributed by atoms with Gasteiger partial charge in [-0.15, -0.1) is 0 Å². The zero-order chi connectivity index (χ0) is 20.1. The van der Waals surface area contributed by atoms with Gasteiger partial charge in [-0.2, -0.15) is 0 Å². The molecular weight excluding hydrogens is 382 g/mol. The monoisotopic (exact) mass is 397 g/mol. The Hall–Kier alpha value is -3.72. The van der Waals surface area contributed by atoms with Crippen molar-refractivity contribution in [3.8, 4) is 0 Å². The minimum atomic E-state index is -4.13. The first kappa shape index (κ1) is 19.1. The lowest BCUT2D eigenvalue weighted by Crippen LogP contribution is -2.16. The summed E-state index contributed by atoms with van der Waals surface area (Å²) in [5.41, 5.74) is 0.121. The Morgan fingerprint density at radius 2 is 1.43 bits per heavy atom. The number of anilines is 2. The first-order valence-corrected chi connectivity index (χ1v) is 9.57. The van der Waals surface area contributed by atoms with Crippen molar-refractivity contribution in [2.75, 3.05) is 10.0 Å². The molecule has 8 nitrogen and oxygen atoms in total. The molecule has 1 amide bonds. The average molecular weight is 397 g/mol. The highest BCUT2D eigenvalue weighted by Crippen LogP contribution is 2.24. The number of nitrogens with zero attached hydrogens (tertiary/aromatic N) is 1. The molecule has 0 aliphatic carbocycles. The van der Waals surface area contributed by atoms with Gasteiger partial charge in [0, 0.05) is 29.1 Å². The predicted molar refractivity (Wildman–Crippen MR) is 105 cm³/mol. The van der Waals surface area contributed by atoms with Crippen LogP contribution < -0.4 is 10.0 Å². The fourth-order valence-corrected chi connectivity index (χ4v) is 3.54. The van der Waals surface area contributed by atoms with Crippen molar-refractivity contribution >= 4 is 33.0 Å². The number of nitro groups is 1. The molecule has 0 fully saturated rings. The number of para-hydroxylation sites is 2. The maximum Gasteiger partial charge on any atom is 0.271 e. The molecule has 0 saturated carbocycles. The normalized spacial score (nSPS) is 10.9. The predicted octanol–water partition coefficient (Wildman–Crippen LogP) is 3.65. The van der Waals surface area contributed by atoms with E-state index in [2.05, 4.69) is 10.0 Å². The molecule has 3 rings (SSSR count). The molecule has 3 aromatic carbocycles. The number of benzene rings is 3. The van der Waals surface area contributed by atoms with Crippen LogP contribution in [0.5, 0.6) is 0 Å². The van der Waals surface area contributed by atoms with Crippen LogP contribution in [-0.2, 0) is 10.0 Å². The van der Waals surface area contributed by atoms with E-state index < -0.39 is 26.5 Å². The summed E-state index contributed by atoms with van der Waals surface area (Å²) in [5, 5.41) is 13.8. The van der Waals surface area contributed by atoms with Crippen LogP contribution in [0.4, 0.5) is 17.1 Å². The van der Waals surface area contributed by atoms with E-state index in [1.807, 2.05) is 0 Å². The highest BCUT2D eigenvalue weighted by atomic mass is 32.2. The minimum Gasteiger partial charge on any atom is -0.322 e. The van der Waals surface area contributed by atoms with Gasteiger partial charge in [0.05, 0.1) is 9.82 Å². The van der Waals surface area contributed by atoms with Crippen LogP contribution in [0.3, 0.4) is 0 Å². The van der Waals surface area contributed by atoms with Crippen LogP contribution in [0.25, 0.3) is 0 Å². The third-order valence-corrected chi connectivity index (χ3v) is 5.09. The average Bonchev–Trinajstić information content (AvgIpc) is 2.69. The zero-order valence-electron chi connectivity index (χ0n) is 14.4. The van der Waals surface area contributed by atoms with Crippen molar-refractivity contribution in [1.82, 2.24) is 0 Å². The topological polar surface area (TPSA) is 118 Å². The van der Waals surface area contributed by atoms with Gasteiger partial charge < -0.3 is 5.32 Å². The molecule has 0 radical (unpaired) electrons. The summed E-state index contributed by atoms with van der Waals surface area (Å²) in [6.07, 6.45) is 0. The van der Waals surface area contributed by atoms with Crippen LogP contribution in [0.15, 0.2) is 83.8 Å². The minimum absolute atomic E-state index is 0.147. The standard InChI is InChI=1S/C19H15N3O5S/c23-19(20-15-7-3-1-4-8-15)14-11-17(22(24)25)13-18(12-14)28(26,27)21-16-9-5-2-6-10-16/h1-13,21H,(H,20,23). The number of rotatable bonds is 6. The molecule has 28 heavy (non-hydrogen) atoms. The number of carbonyl (C=O) groups excluding carboxylic acids is 1. The molecule has 3 aromatic rings. The number of non-ortho nitro benzene ring substituents is 1. The summed E-state index contributed by atoms with van der Waals surface area (Å²) in [6, 6.07) is 19.6. The van der Waals surface area contributed by atoms with Gasteiger partial charge in [-0.25, -0.2) is 8.42 Å². The third kappa shape index (κ3) is 4.51. The highest BCUT2D eigenvalue weighted by Gasteiger charge is 2.22. The number of carbonyl (C=O) groups is 1. The molecule has 0 bridgehead atoms. The van der Waals surface area contributed by atoms with Crippen molar-refractivity contribution in [3.05, 3.63) is 94.5 Å². The van der Waals surface area contributed by atoms with E-state index in [0.29, 0.717) is 11.4 Å². The van der Waals surface area contributed by atoms with Crippen molar-refractivity contribution in [1.29, 1.82) is 0 Å². The van der Waals surface area contributed by atoms with Crippen molar-refractivity contribution in [2.45, 2.75) is 4.90 Å². The van der Waals surface area contributed by atoms with Gasteiger partial charge in [0.15, 0.2) is 0 Å². The number of hydrogen-bond acceptors (Lipinski definition) is 5. The first-order valence-electron chi connectivity index (χ1n) is 8.09. The number of nitrogens with one attached hydrogen (secondary N) is 2. The fraction of sp³-hybridized carbons (Fsp3) is 0. The quantitative estimate of drug-likeness (QED) is 0.486. The number of amides is 1. The Kier molecular flexibility index (Phi) is 5.37. The smallest absolute Gasteiger partial charge is 0.271 e. The maximum atomic E-state index is 12.6. The lowest BCUT2D eigenvalue weighted by atomic mass is 10.2. The summed E-state index contributed by atoms with van der Waals surface area (Å²) in [4.78, 5) is 22.6. The highest BCUT2D eigenvalue weighted by molar-refractivity contribution is 7.92. The summed E-state index contributed by atoms with van der Waals surface area (Å²) in [6.45, 7) is 0. The van der Waals surface area contributed by atoms with E-state index in [1.54, 1.807) is 48.5 Å². The van der Waals surface area contributed by atoms with E-state index in [4.69, 9.17) is 0 Å². The lowest BCUT2D eigenvalue weighted by molar-refractivity contribution is -0.385. The van der Waals surface area contributed by atoms with Crippen molar-refractivity contribution in [2.24, 2.45) is 0 Å². The summed E-state index contributed by atoms with van der Waals surface area (Å²) >= 11 is 0. The summed E-state index contributed by atoms with van der Waals surface area (Å²) in [5.74, 6) is -0.661. The van der Waals surface area contributed by atoms with E-state index in [9.17, 15) is 23.3 Å². The summed E-state index contributed by atoms with van der Waals surface area (Å²) in [7, 11) is -4.13. The molecule has 0 aliphatic heterocycles. The Balaban J connectivity index is 1.97. The molecule has 0 saturated heterocycles. The Bertz CT molecular complexity index is 1120. The maximum absolute atomic E-state index is 12.6. The second-order valence-electron chi connectivity index (χ2n) is 5.76. The van der Waals surface area contributed by atoms with Gasteiger partial charge in [0.25, 0.3) is 21.6 Å². The van der Waals surface area contributed by atoms with E-state index >= 15 is 0 Å². The van der Waals surface area contributed by atoms with Gasteiger partial charge in [0.1, 0.15) is 0 Å². The zero-order valence-corrected chi connectivity index (χ0v) is 15.2. The van der Waals surface area contributed by atoms with E-state index in [1.165, 1.54) is 12.1 Å². The molecule has 9 heteroatoms. The molecule has 2 N–H and O–H groups in total. The molecule has 142 valence electrons. The van der Waals surface area contributed by atoms with Gasteiger partial charge in [-0.3, -0.25) is 19.6 Å². The molecule has 0 unspecified atom stereocenters. The number of sulfonamides is 1. The van der Waals surface area contributed by atoms with Gasteiger partial charge in [0.2, 0.25) is 0 Å². The molecule has 0 spiro atoms. The molecular formula is C19H15N3O5S. The largest absolute Gasteiger partial charge is 0.322 e. The van der Waals surface area contributed by atoms with Crippen molar-refractivity contribution in [3.63, 3.8) is 0 Å². The Morgan fingerprint density at radius 1 is 0.857 bits per heavy atom. The van der Waals surface area contributed by atoms with Gasteiger partial charge in [-0.1, -0.05) is 36.4 Å². The van der Waals surface area contributed by atoms with Crippen LogP contribution in [-0.4, -0.2) is 19.2 Å². The van der Waals surface area contributed by atoms with E-state index in [0.717, 1.165) is 18.2 Å². The van der Waals surface area contributed by atoms with E-state index in [-0.39, 0.29) is 10.5 Å². The van der Waals surface area contributed by atoms with Gasteiger partial charge >= 0.3 is 0 Å². The first-order chi connectivity index (χ1) is 13.3. The molecule has 0 heterocycles. The second kappa shape index (κ2) is 7.89. The van der Waals surface area contributed by atoms with Crippen LogP contribution >= 0.6 is 0 Å². The van der Waals surface area contributed by atoms with Gasteiger partial charge in [-0.05, 0) is 30.3 Å². The second-order valence-corrected chi connectivity index (χ2v) is 7.45.